The van der Waals surface area contributed by atoms with E-state index >= 15 is 0 Å². The molecule has 1 unspecified atom stereocenters. The Morgan fingerprint density at radius 3 is 2.47 bits per heavy atom. The highest BCUT2D eigenvalue weighted by Crippen LogP contribution is 2.40. The third-order valence-electron chi connectivity index (χ3n) is 5.94. The number of ether oxygens (including phenoxy) is 2. The highest BCUT2D eigenvalue weighted by Gasteiger charge is 2.35. The van der Waals surface area contributed by atoms with E-state index in [1.165, 1.54) is 18.4 Å². The van der Waals surface area contributed by atoms with E-state index in [4.69, 9.17) is 9.47 Å². The summed E-state index contributed by atoms with van der Waals surface area (Å²) < 4.78 is 9.92. The summed E-state index contributed by atoms with van der Waals surface area (Å²) in [6.45, 7) is 1.44. The molecular weight excluding hydrogens is 460 g/mol. The van der Waals surface area contributed by atoms with Crippen LogP contribution in [0.25, 0.3) is 0 Å². The summed E-state index contributed by atoms with van der Waals surface area (Å²) in [4.78, 5) is 63.6. The minimum absolute atomic E-state index is 0.144. The number of hydrogen-bond acceptors (Lipinski definition) is 8. The summed E-state index contributed by atoms with van der Waals surface area (Å²) in [5, 5.41) is 3.05. The number of imide groups is 1. The van der Waals surface area contributed by atoms with Crippen LogP contribution in [0.1, 0.15) is 61.3 Å². The molecule has 10 heteroatoms. The second kappa shape index (κ2) is 9.76. The molecule has 2 aliphatic rings. The molecule has 178 valence electrons. The van der Waals surface area contributed by atoms with Crippen molar-refractivity contribution < 1.29 is 33.4 Å². The monoisotopic (exact) mass is 484 g/mol. The largest absolute Gasteiger partial charge is 0.465 e. The fourth-order valence-corrected chi connectivity index (χ4v) is 5.60. The van der Waals surface area contributed by atoms with Crippen LogP contribution in [0.5, 0.6) is 0 Å². The van der Waals surface area contributed by atoms with Gasteiger partial charge < -0.3 is 14.8 Å². The first-order chi connectivity index (χ1) is 16.3. The van der Waals surface area contributed by atoms with E-state index in [9.17, 15) is 24.0 Å². The summed E-state index contributed by atoms with van der Waals surface area (Å²) in [6.07, 6.45) is 2.27. The number of thiophene rings is 1. The van der Waals surface area contributed by atoms with Crippen LogP contribution in [0.2, 0.25) is 0 Å². The minimum Gasteiger partial charge on any atom is -0.465 e. The minimum atomic E-state index is -0.723. The van der Waals surface area contributed by atoms with Crippen molar-refractivity contribution in [2.24, 2.45) is 5.92 Å². The molecule has 0 spiro atoms. The fraction of sp³-hybridized carbons (Fsp3) is 0.375. The average Bonchev–Trinajstić information content (AvgIpc) is 3.29. The number of esters is 2. The number of nitrogens with one attached hydrogen (secondary N) is 1. The van der Waals surface area contributed by atoms with E-state index in [1.807, 2.05) is 0 Å². The van der Waals surface area contributed by atoms with Crippen molar-refractivity contribution in [3.63, 3.8) is 0 Å². The molecule has 3 amide bonds. The van der Waals surface area contributed by atoms with E-state index in [0.717, 1.165) is 34.6 Å². The molecule has 2 aromatic rings. The molecule has 1 N–H and O–H groups in total. The van der Waals surface area contributed by atoms with Crippen molar-refractivity contribution in [3.05, 3.63) is 51.4 Å². The number of fused-ring (bicyclic) bond motifs is 2. The van der Waals surface area contributed by atoms with E-state index in [-0.39, 0.29) is 13.0 Å². The van der Waals surface area contributed by atoms with E-state index < -0.39 is 36.3 Å². The number of anilines is 1. The molecule has 0 saturated heterocycles. The number of carbonyl (C=O) groups excluding carboxylic acids is 5. The maximum atomic E-state index is 12.4. The van der Waals surface area contributed by atoms with Gasteiger partial charge >= 0.3 is 11.9 Å². The van der Waals surface area contributed by atoms with Crippen LogP contribution in [0.3, 0.4) is 0 Å². The van der Waals surface area contributed by atoms with Crippen LogP contribution in [0, 0.1) is 5.92 Å². The lowest BCUT2D eigenvalue weighted by Gasteiger charge is -2.18. The first kappa shape index (κ1) is 23.6. The molecule has 1 aromatic heterocycles. The van der Waals surface area contributed by atoms with E-state index in [2.05, 4.69) is 12.2 Å². The van der Waals surface area contributed by atoms with Gasteiger partial charge in [0.1, 0.15) is 5.00 Å². The van der Waals surface area contributed by atoms with Gasteiger partial charge in [0.25, 0.3) is 17.7 Å². The van der Waals surface area contributed by atoms with E-state index in [0.29, 0.717) is 27.6 Å². The quantitative estimate of drug-likeness (QED) is 0.474. The Labute approximate surface area is 200 Å². The summed E-state index contributed by atoms with van der Waals surface area (Å²) >= 11 is 1.34. The number of methoxy groups -OCH3 is 1. The number of benzene rings is 1. The van der Waals surface area contributed by atoms with Gasteiger partial charge in [-0.05, 0) is 42.9 Å². The van der Waals surface area contributed by atoms with Crippen molar-refractivity contribution >= 4 is 46.0 Å². The Hall–Kier alpha value is -3.53. The predicted octanol–water partition coefficient (Wildman–Crippen LogP) is 2.83. The topological polar surface area (TPSA) is 119 Å². The van der Waals surface area contributed by atoms with Crippen molar-refractivity contribution in [2.75, 3.05) is 25.6 Å². The second-order valence-electron chi connectivity index (χ2n) is 8.31. The number of amides is 3. The van der Waals surface area contributed by atoms with Gasteiger partial charge in [-0.1, -0.05) is 19.1 Å². The zero-order valence-electron chi connectivity index (χ0n) is 18.8. The SMILES string of the molecule is COC(=O)c1c(NC(=O)COC(=O)CCN2C(=O)c3ccccc3C2=O)sc2c1CCC(C)C2. The zero-order chi connectivity index (χ0) is 24.4. The second-order valence-corrected chi connectivity index (χ2v) is 9.42. The van der Waals surface area contributed by atoms with Gasteiger partial charge in [0.05, 0.1) is 30.2 Å². The highest BCUT2D eigenvalue weighted by molar-refractivity contribution is 7.17. The molecule has 1 aromatic carbocycles. The number of carbonyl (C=O) groups is 5. The van der Waals surface area contributed by atoms with Crippen LogP contribution in [-0.2, 0) is 31.9 Å². The van der Waals surface area contributed by atoms with Crippen LogP contribution in [-0.4, -0.2) is 54.8 Å². The lowest BCUT2D eigenvalue weighted by atomic mass is 9.88. The van der Waals surface area contributed by atoms with Crippen LogP contribution >= 0.6 is 11.3 Å². The molecule has 0 saturated carbocycles. The normalized spacial score (nSPS) is 16.6. The predicted molar refractivity (Wildman–Crippen MR) is 123 cm³/mol. The third-order valence-corrected chi connectivity index (χ3v) is 7.11. The number of hydrogen-bond donors (Lipinski definition) is 1. The molecular formula is C24H24N2O7S. The van der Waals surface area contributed by atoms with Gasteiger partial charge in [-0.15, -0.1) is 11.3 Å². The Balaban J connectivity index is 1.32. The third kappa shape index (κ3) is 4.58. The van der Waals surface area contributed by atoms with Gasteiger partial charge in [0, 0.05) is 11.4 Å². The molecule has 0 fully saturated rings. The van der Waals surface area contributed by atoms with Crippen LogP contribution in [0.4, 0.5) is 5.00 Å². The molecule has 1 atom stereocenters. The van der Waals surface area contributed by atoms with Crippen molar-refractivity contribution in [1.29, 1.82) is 0 Å². The summed E-state index contributed by atoms with van der Waals surface area (Å²) in [5.74, 6) is -2.26. The Bertz CT molecular complexity index is 1150. The van der Waals surface area contributed by atoms with Gasteiger partial charge in [0.2, 0.25) is 0 Å². The lowest BCUT2D eigenvalue weighted by Crippen LogP contribution is -2.32. The Morgan fingerprint density at radius 1 is 1.15 bits per heavy atom. The number of nitrogens with zero attached hydrogens (tertiary/aromatic N) is 1. The highest BCUT2D eigenvalue weighted by atomic mass is 32.1. The van der Waals surface area contributed by atoms with Crippen LogP contribution in [0.15, 0.2) is 24.3 Å². The van der Waals surface area contributed by atoms with Crippen molar-refractivity contribution in [1.82, 2.24) is 4.90 Å². The standard InChI is InChI=1S/C24H24N2O7S/c1-13-7-8-16-17(11-13)34-21(20(16)24(31)32-2)25-18(27)12-33-19(28)9-10-26-22(29)14-5-3-4-6-15(14)23(26)30/h3-6,13H,7-12H2,1-2H3,(H,25,27). The molecule has 0 radical (unpaired) electrons. The maximum Gasteiger partial charge on any atom is 0.341 e. The van der Waals surface area contributed by atoms with E-state index in [1.54, 1.807) is 24.3 Å². The van der Waals surface area contributed by atoms with Gasteiger partial charge in [-0.2, -0.15) is 0 Å². The number of rotatable bonds is 7. The van der Waals surface area contributed by atoms with Crippen molar-refractivity contribution in [2.45, 2.75) is 32.6 Å². The fourth-order valence-electron chi connectivity index (χ4n) is 4.18. The summed E-state index contributed by atoms with van der Waals surface area (Å²) in [5.41, 5.74) is 1.87. The van der Waals surface area contributed by atoms with Crippen LogP contribution < -0.4 is 5.32 Å². The smallest absolute Gasteiger partial charge is 0.341 e. The molecule has 1 aliphatic heterocycles. The Kier molecular flexibility index (Phi) is 6.78. The molecule has 1 aliphatic carbocycles. The molecule has 9 nitrogen and oxygen atoms in total. The van der Waals surface area contributed by atoms with Gasteiger partial charge in [-0.25, -0.2) is 4.79 Å². The Morgan fingerprint density at radius 2 is 1.82 bits per heavy atom. The van der Waals surface area contributed by atoms with Crippen molar-refractivity contribution in [3.8, 4) is 0 Å². The molecule has 34 heavy (non-hydrogen) atoms. The van der Waals surface area contributed by atoms with Gasteiger partial charge in [0.15, 0.2) is 6.61 Å². The average molecular weight is 485 g/mol. The molecule has 0 bridgehead atoms. The van der Waals surface area contributed by atoms with Gasteiger partial charge in [-0.3, -0.25) is 24.1 Å². The summed E-state index contributed by atoms with van der Waals surface area (Å²) in [6, 6.07) is 6.45. The lowest BCUT2D eigenvalue weighted by molar-refractivity contribution is -0.147. The summed E-state index contributed by atoms with van der Waals surface area (Å²) in [7, 11) is 1.29. The maximum absolute atomic E-state index is 12.4. The molecule has 4 rings (SSSR count). The molecule has 2 heterocycles. The first-order valence-electron chi connectivity index (χ1n) is 10.9. The zero-order valence-corrected chi connectivity index (χ0v) is 19.7. The first-order valence-corrected chi connectivity index (χ1v) is 11.7.